The van der Waals surface area contributed by atoms with Crippen molar-refractivity contribution in [3.63, 3.8) is 0 Å². The Morgan fingerprint density at radius 3 is 2.92 bits per heavy atom. The van der Waals surface area contributed by atoms with Gasteiger partial charge in [0, 0.05) is 26.2 Å². The van der Waals surface area contributed by atoms with Gasteiger partial charge in [-0.15, -0.1) is 0 Å². The number of aliphatic hydroxyl groups excluding tert-OH is 1. The zero-order chi connectivity index (χ0) is 16.8. The van der Waals surface area contributed by atoms with Crippen LogP contribution in [-0.2, 0) is 16.1 Å². The van der Waals surface area contributed by atoms with Crippen LogP contribution in [0.2, 0.25) is 0 Å². The molecule has 0 saturated carbocycles. The van der Waals surface area contributed by atoms with Crippen LogP contribution in [0.4, 0.5) is 0 Å². The highest BCUT2D eigenvalue weighted by Crippen LogP contribution is 2.31. The van der Waals surface area contributed by atoms with Gasteiger partial charge < -0.3 is 24.6 Å². The van der Waals surface area contributed by atoms with Crippen molar-refractivity contribution < 1.29 is 24.1 Å². The van der Waals surface area contributed by atoms with Crippen LogP contribution in [-0.4, -0.2) is 68.1 Å². The Hall–Kier alpha value is -1.83. The van der Waals surface area contributed by atoms with Gasteiger partial charge in [0.05, 0.1) is 12.7 Å². The Bertz CT molecular complexity index is 566. The van der Waals surface area contributed by atoms with E-state index in [0.717, 1.165) is 37.6 Å². The van der Waals surface area contributed by atoms with Crippen molar-refractivity contribution >= 4 is 5.91 Å². The van der Waals surface area contributed by atoms with Gasteiger partial charge in [-0.05, 0) is 24.1 Å². The van der Waals surface area contributed by atoms with Gasteiger partial charge in [-0.25, -0.2) is 0 Å². The average molecular weight is 336 g/mol. The molecule has 0 aromatic heterocycles. The van der Waals surface area contributed by atoms with E-state index in [9.17, 15) is 4.79 Å². The molecule has 7 heteroatoms. The third kappa shape index (κ3) is 4.59. The van der Waals surface area contributed by atoms with E-state index < -0.39 is 6.61 Å². The lowest BCUT2D eigenvalue weighted by Gasteiger charge is -2.33. The van der Waals surface area contributed by atoms with Gasteiger partial charge in [-0.1, -0.05) is 6.07 Å². The number of aliphatic hydroxyl groups is 1. The SMILES string of the molecule is O=C(CO)NCC[C@@H]1CN(Cc2ccc3c(c2)OCCO3)CCO1. The summed E-state index contributed by atoms with van der Waals surface area (Å²) in [6, 6.07) is 6.08. The highest BCUT2D eigenvalue weighted by atomic mass is 16.6. The van der Waals surface area contributed by atoms with Crippen molar-refractivity contribution in [2.45, 2.75) is 19.1 Å². The molecule has 24 heavy (non-hydrogen) atoms. The Morgan fingerprint density at radius 2 is 2.08 bits per heavy atom. The molecular formula is C17H24N2O5. The summed E-state index contributed by atoms with van der Waals surface area (Å²) < 4.78 is 16.9. The van der Waals surface area contributed by atoms with Crippen LogP contribution >= 0.6 is 0 Å². The van der Waals surface area contributed by atoms with E-state index in [2.05, 4.69) is 16.3 Å². The fraction of sp³-hybridized carbons (Fsp3) is 0.588. The largest absolute Gasteiger partial charge is 0.486 e. The fourth-order valence-electron chi connectivity index (χ4n) is 2.97. The Balaban J connectivity index is 1.49. The van der Waals surface area contributed by atoms with Crippen molar-refractivity contribution in [3.8, 4) is 11.5 Å². The maximum Gasteiger partial charge on any atom is 0.245 e. The molecule has 1 amide bonds. The zero-order valence-electron chi connectivity index (χ0n) is 13.7. The van der Waals surface area contributed by atoms with E-state index >= 15 is 0 Å². The first-order valence-electron chi connectivity index (χ1n) is 8.34. The van der Waals surface area contributed by atoms with Gasteiger partial charge in [0.15, 0.2) is 11.5 Å². The number of nitrogens with zero attached hydrogens (tertiary/aromatic N) is 1. The number of ether oxygens (including phenoxy) is 3. The van der Waals surface area contributed by atoms with Crippen molar-refractivity contribution in [1.29, 1.82) is 0 Å². The first-order chi connectivity index (χ1) is 11.7. The number of rotatable bonds is 6. The van der Waals surface area contributed by atoms with E-state index in [4.69, 9.17) is 19.3 Å². The van der Waals surface area contributed by atoms with Crippen LogP contribution in [0.15, 0.2) is 18.2 Å². The summed E-state index contributed by atoms with van der Waals surface area (Å²) in [5.74, 6) is 1.28. The standard InChI is InChI=1S/C17H24N2O5/c20-12-17(21)18-4-3-14-11-19(5-6-22-14)10-13-1-2-15-16(9-13)24-8-7-23-15/h1-2,9,14,20H,3-8,10-12H2,(H,18,21)/t14-/m1/s1. The Labute approximate surface area is 141 Å². The number of hydrogen-bond donors (Lipinski definition) is 2. The molecule has 2 N–H and O–H groups in total. The van der Waals surface area contributed by atoms with E-state index in [1.807, 2.05) is 12.1 Å². The fourth-order valence-corrected chi connectivity index (χ4v) is 2.97. The molecule has 0 aliphatic carbocycles. The smallest absolute Gasteiger partial charge is 0.245 e. The van der Waals surface area contributed by atoms with Crippen LogP contribution in [0.1, 0.15) is 12.0 Å². The van der Waals surface area contributed by atoms with Gasteiger partial charge in [-0.2, -0.15) is 0 Å². The molecule has 1 fully saturated rings. The molecule has 0 unspecified atom stereocenters. The number of amides is 1. The van der Waals surface area contributed by atoms with Gasteiger partial charge in [0.1, 0.15) is 19.8 Å². The number of carbonyl (C=O) groups is 1. The second-order valence-electron chi connectivity index (χ2n) is 6.00. The van der Waals surface area contributed by atoms with Crippen molar-refractivity contribution in [2.75, 3.05) is 46.1 Å². The van der Waals surface area contributed by atoms with E-state index in [1.165, 1.54) is 5.56 Å². The van der Waals surface area contributed by atoms with E-state index in [0.29, 0.717) is 26.4 Å². The summed E-state index contributed by atoms with van der Waals surface area (Å²) in [5, 5.41) is 11.4. The van der Waals surface area contributed by atoms with Crippen molar-refractivity contribution in [1.82, 2.24) is 10.2 Å². The Kier molecular flexibility index (Phi) is 5.90. The second-order valence-corrected chi connectivity index (χ2v) is 6.00. The normalized spacial score (nSPS) is 20.6. The summed E-state index contributed by atoms with van der Waals surface area (Å²) >= 11 is 0. The Morgan fingerprint density at radius 1 is 1.25 bits per heavy atom. The quantitative estimate of drug-likeness (QED) is 0.770. The van der Waals surface area contributed by atoms with Crippen molar-refractivity contribution in [3.05, 3.63) is 23.8 Å². The number of fused-ring (bicyclic) bond motifs is 1. The molecule has 132 valence electrons. The lowest BCUT2D eigenvalue weighted by Crippen LogP contribution is -2.43. The average Bonchev–Trinajstić information content (AvgIpc) is 2.62. The minimum Gasteiger partial charge on any atom is -0.486 e. The molecule has 1 atom stereocenters. The molecular weight excluding hydrogens is 312 g/mol. The molecule has 0 spiro atoms. The predicted octanol–water partition coefficient (Wildman–Crippen LogP) is 0.157. The molecule has 0 radical (unpaired) electrons. The third-order valence-electron chi connectivity index (χ3n) is 4.17. The molecule has 2 aliphatic heterocycles. The first-order valence-corrected chi connectivity index (χ1v) is 8.34. The van der Waals surface area contributed by atoms with Crippen LogP contribution in [0.25, 0.3) is 0 Å². The van der Waals surface area contributed by atoms with Crippen molar-refractivity contribution in [2.24, 2.45) is 0 Å². The molecule has 2 heterocycles. The highest BCUT2D eigenvalue weighted by Gasteiger charge is 2.21. The molecule has 3 rings (SSSR count). The van der Waals surface area contributed by atoms with E-state index in [-0.39, 0.29) is 12.0 Å². The number of benzene rings is 1. The monoisotopic (exact) mass is 336 g/mol. The molecule has 1 aromatic carbocycles. The lowest BCUT2D eigenvalue weighted by molar-refractivity contribution is -0.124. The van der Waals surface area contributed by atoms with Gasteiger partial charge in [0.2, 0.25) is 5.91 Å². The van der Waals surface area contributed by atoms with Gasteiger partial charge in [0.25, 0.3) is 0 Å². The minimum absolute atomic E-state index is 0.0925. The summed E-state index contributed by atoms with van der Waals surface area (Å²) in [7, 11) is 0. The minimum atomic E-state index is -0.470. The molecule has 7 nitrogen and oxygen atoms in total. The second kappa shape index (κ2) is 8.32. The zero-order valence-corrected chi connectivity index (χ0v) is 13.7. The van der Waals surface area contributed by atoms with Gasteiger partial charge in [-0.3, -0.25) is 9.69 Å². The first kappa shape index (κ1) is 17.0. The van der Waals surface area contributed by atoms with E-state index in [1.54, 1.807) is 0 Å². The lowest BCUT2D eigenvalue weighted by atomic mass is 10.1. The summed E-state index contributed by atoms with van der Waals surface area (Å²) in [6.45, 7) is 4.46. The maximum absolute atomic E-state index is 11.0. The topological polar surface area (TPSA) is 80.3 Å². The van der Waals surface area contributed by atoms with Crippen LogP contribution in [0.3, 0.4) is 0 Å². The number of nitrogens with one attached hydrogen (secondary N) is 1. The predicted molar refractivity (Wildman–Crippen MR) is 87.2 cm³/mol. The van der Waals surface area contributed by atoms with Crippen LogP contribution in [0, 0.1) is 0 Å². The maximum atomic E-state index is 11.0. The molecule has 1 aromatic rings. The summed E-state index contributed by atoms with van der Waals surface area (Å²) in [4.78, 5) is 13.4. The molecule has 2 aliphatic rings. The van der Waals surface area contributed by atoms with Gasteiger partial charge >= 0.3 is 0 Å². The number of carbonyl (C=O) groups excluding carboxylic acids is 1. The number of morpholine rings is 1. The van der Waals surface area contributed by atoms with Crippen LogP contribution < -0.4 is 14.8 Å². The highest BCUT2D eigenvalue weighted by molar-refractivity contribution is 5.76. The third-order valence-corrected chi connectivity index (χ3v) is 4.17. The molecule has 1 saturated heterocycles. The summed E-state index contributed by atoms with van der Waals surface area (Å²) in [6.07, 6.45) is 0.832. The molecule has 0 bridgehead atoms. The number of hydrogen-bond acceptors (Lipinski definition) is 6. The van der Waals surface area contributed by atoms with Crippen LogP contribution in [0.5, 0.6) is 11.5 Å². The summed E-state index contributed by atoms with van der Waals surface area (Å²) in [5.41, 5.74) is 1.19.